The fraction of sp³-hybridized carbons (Fsp3) is 0.706. The molecular weight excluding hydrogens is 465 g/mol. The summed E-state index contributed by atoms with van der Waals surface area (Å²) in [5, 5.41) is 6.39. The molecule has 1 aromatic rings. The summed E-state index contributed by atoms with van der Waals surface area (Å²) in [4.78, 5) is 25.4. The Hall–Kier alpha value is -1.10. The Morgan fingerprint density at radius 2 is 2.12 bits per heavy atom. The summed E-state index contributed by atoms with van der Waals surface area (Å²) in [7, 11) is 3.98. The zero-order valence-electron chi connectivity index (χ0n) is 16.0. The zero-order valence-corrected chi connectivity index (χ0v) is 19.2. The highest BCUT2D eigenvalue weighted by molar-refractivity contribution is 14.0. The summed E-state index contributed by atoms with van der Waals surface area (Å²) in [6, 6.07) is 0. The molecule has 9 heteroatoms. The van der Waals surface area contributed by atoms with Crippen LogP contribution in [0.2, 0.25) is 0 Å². The summed E-state index contributed by atoms with van der Waals surface area (Å²) < 4.78 is 5.14. The lowest BCUT2D eigenvalue weighted by molar-refractivity contribution is -0.149. The third-order valence-corrected chi connectivity index (χ3v) is 5.12. The first-order valence-electron chi connectivity index (χ1n) is 8.86. The van der Waals surface area contributed by atoms with Crippen LogP contribution in [0, 0.1) is 5.92 Å². The number of likely N-dealkylation sites (tertiary alicyclic amines) is 1. The monoisotopic (exact) mass is 495 g/mol. The molecule has 2 rings (SSSR count). The number of ether oxygens (including phenoxy) is 1. The van der Waals surface area contributed by atoms with Crippen molar-refractivity contribution >= 4 is 52.4 Å². The van der Waals surface area contributed by atoms with Crippen molar-refractivity contribution in [2.75, 3.05) is 45.2 Å². The molecule has 148 valence electrons. The standard InChI is InChI=1S/C17H29N5O2S.HI/c1-5-18-16(19-11-14-12-25-17(20-14)21(3)4)22-9-7-13(8-10-22)15(23)24-6-2;/h12-13H,5-11H2,1-4H3,(H,18,19);1H. The number of nitrogens with zero attached hydrogens (tertiary/aromatic N) is 4. The molecule has 1 aromatic heterocycles. The van der Waals surface area contributed by atoms with E-state index in [-0.39, 0.29) is 35.9 Å². The molecule has 0 radical (unpaired) electrons. The number of thiazole rings is 1. The van der Waals surface area contributed by atoms with Crippen molar-refractivity contribution in [1.82, 2.24) is 15.2 Å². The largest absolute Gasteiger partial charge is 0.466 e. The second kappa shape index (κ2) is 11.6. The van der Waals surface area contributed by atoms with E-state index in [1.54, 1.807) is 11.3 Å². The van der Waals surface area contributed by atoms with Crippen LogP contribution in [-0.2, 0) is 16.1 Å². The van der Waals surface area contributed by atoms with Crippen molar-refractivity contribution in [2.45, 2.75) is 33.2 Å². The quantitative estimate of drug-likeness (QED) is 0.283. The number of carbonyl (C=O) groups excluding carboxylic acids is 1. The fourth-order valence-electron chi connectivity index (χ4n) is 2.74. The number of guanidine groups is 1. The van der Waals surface area contributed by atoms with Crippen molar-refractivity contribution < 1.29 is 9.53 Å². The number of halogens is 1. The highest BCUT2D eigenvalue weighted by Crippen LogP contribution is 2.20. The molecule has 0 unspecified atom stereocenters. The van der Waals surface area contributed by atoms with Crippen molar-refractivity contribution in [2.24, 2.45) is 10.9 Å². The summed E-state index contributed by atoms with van der Waals surface area (Å²) in [6.07, 6.45) is 1.62. The molecule has 1 fully saturated rings. The number of hydrogen-bond donors (Lipinski definition) is 1. The van der Waals surface area contributed by atoms with E-state index in [1.165, 1.54) is 0 Å². The highest BCUT2D eigenvalue weighted by atomic mass is 127. The van der Waals surface area contributed by atoms with E-state index in [2.05, 4.69) is 27.5 Å². The molecule has 0 aliphatic carbocycles. The Balaban J connectivity index is 0.00000338. The van der Waals surface area contributed by atoms with Crippen LogP contribution in [-0.4, -0.2) is 62.1 Å². The molecule has 1 aliphatic heterocycles. The van der Waals surface area contributed by atoms with E-state index >= 15 is 0 Å². The van der Waals surface area contributed by atoms with Crippen LogP contribution in [0.25, 0.3) is 0 Å². The number of nitrogens with one attached hydrogen (secondary N) is 1. The summed E-state index contributed by atoms with van der Waals surface area (Å²) in [5.74, 6) is 0.840. The zero-order chi connectivity index (χ0) is 18.2. The van der Waals surface area contributed by atoms with Gasteiger partial charge in [-0.05, 0) is 26.7 Å². The predicted molar refractivity (Wildman–Crippen MR) is 118 cm³/mol. The van der Waals surface area contributed by atoms with Gasteiger partial charge in [-0.25, -0.2) is 9.98 Å². The predicted octanol–water partition coefficient (Wildman–Crippen LogP) is 2.57. The van der Waals surface area contributed by atoms with Crippen LogP contribution >= 0.6 is 35.3 Å². The molecule has 0 saturated carbocycles. The normalized spacial score (nSPS) is 15.4. The highest BCUT2D eigenvalue weighted by Gasteiger charge is 2.27. The maximum Gasteiger partial charge on any atom is 0.309 e. The Morgan fingerprint density at radius 1 is 1.42 bits per heavy atom. The fourth-order valence-corrected chi connectivity index (χ4v) is 3.49. The molecular formula is C17H30IN5O2S. The van der Waals surface area contributed by atoms with Gasteiger partial charge in [-0.2, -0.15) is 0 Å². The Kier molecular flexibility index (Phi) is 10.2. The molecule has 0 amide bonds. The van der Waals surface area contributed by atoms with Crippen LogP contribution in [0.15, 0.2) is 10.4 Å². The Bertz CT molecular complexity index is 585. The SMILES string of the molecule is CCNC(=NCc1csc(N(C)C)n1)N1CCC(C(=O)OCC)CC1.I. The van der Waals surface area contributed by atoms with Crippen LogP contribution < -0.4 is 10.2 Å². The van der Waals surface area contributed by atoms with Crippen molar-refractivity contribution in [3.05, 3.63) is 11.1 Å². The average molecular weight is 495 g/mol. The lowest BCUT2D eigenvalue weighted by Gasteiger charge is -2.33. The van der Waals surface area contributed by atoms with Gasteiger partial charge in [-0.15, -0.1) is 35.3 Å². The molecule has 1 N–H and O–H groups in total. The van der Waals surface area contributed by atoms with E-state index in [0.29, 0.717) is 13.2 Å². The van der Waals surface area contributed by atoms with Crippen molar-refractivity contribution in [3.8, 4) is 0 Å². The minimum absolute atomic E-state index is 0. The van der Waals surface area contributed by atoms with Crippen molar-refractivity contribution in [3.63, 3.8) is 0 Å². The molecule has 7 nitrogen and oxygen atoms in total. The van der Waals surface area contributed by atoms with E-state index < -0.39 is 0 Å². The van der Waals surface area contributed by atoms with Gasteiger partial charge >= 0.3 is 5.97 Å². The number of aliphatic imine (C=N–C) groups is 1. The van der Waals surface area contributed by atoms with Crippen LogP contribution in [0.3, 0.4) is 0 Å². The van der Waals surface area contributed by atoms with E-state index in [9.17, 15) is 4.79 Å². The van der Waals surface area contributed by atoms with Gasteiger partial charge in [0.2, 0.25) is 0 Å². The van der Waals surface area contributed by atoms with Gasteiger partial charge in [-0.1, -0.05) is 0 Å². The molecule has 0 spiro atoms. The molecule has 0 bridgehead atoms. The second-order valence-corrected chi connectivity index (χ2v) is 7.04. The Labute approximate surface area is 177 Å². The van der Waals surface area contributed by atoms with E-state index in [1.807, 2.05) is 25.9 Å². The van der Waals surface area contributed by atoms with Gasteiger partial charge in [-0.3, -0.25) is 4.79 Å². The van der Waals surface area contributed by atoms with Gasteiger partial charge < -0.3 is 19.9 Å². The molecule has 1 saturated heterocycles. The summed E-state index contributed by atoms with van der Waals surface area (Å²) in [6.45, 7) is 7.37. The number of esters is 1. The van der Waals surface area contributed by atoms with Gasteiger partial charge in [0.1, 0.15) is 0 Å². The van der Waals surface area contributed by atoms with E-state index in [0.717, 1.165) is 49.3 Å². The minimum atomic E-state index is -0.0669. The molecule has 2 heterocycles. The molecule has 26 heavy (non-hydrogen) atoms. The number of carbonyl (C=O) groups is 1. The lowest BCUT2D eigenvalue weighted by Crippen LogP contribution is -2.46. The summed E-state index contributed by atoms with van der Waals surface area (Å²) >= 11 is 1.63. The number of aromatic nitrogens is 1. The van der Waals surface area contributed by atoms with Crippen LogP contribution in [0.5, 0.6) is 0 Å². The van der Waals surface area contributed by atoms with Gasteiger partial charge in [0, 0.05) is 39.1 Å². The third kappa shape index (κ3) is 6.57. The molecule has 0 atom stereocenters. The van der Waals surface area contributed by atoms with Crippen molar-refractivity contribution in [1.29, 1.82) is 0 Å². The van der Waals surface area contributed by atoms with Gasteiger partial charge in [0.25, 0.3) is 0 Å². The number of rotatable bonds is 6. The maximum absolute atomic E-state index is 11.9. The average Bonchev–Trinajstić information content (AvgIpc) is 3.08. The number of anilines is 1. The molecule has 1 aliphatic rings. The summed E-state index contributed by atoms with van der Waals surface area (Å²) in [5.41, 5.74) is 0.977. The smallest absolute Gasteiger partial charge is 0.309 e. The van der Waals surface area contributed by atoms with Gasteiger partial charge in [0.15, 0.2) is 11.1 Å². The topological polar surface area (TPSA) is 70.1 Å². The first-order valence-corrected chi connectivity index (χ1v) is 9.74. The molecule has 0 aromatic carbocycles. The third-order valence-electron chi connectivity index (χ3n) is 4.06. The van der Waals surface area contributed by atoms with Gasteiger partial charge in [0.05, 0.1) is 24.8 Å². The number of hydrogen-bond acceptors (Lipinski definition) is 6. The number of piperidine rings is 1. The van der Waals surface area contributed by atoms with Crippen LogP contribution in [0.1, 0.15) is 32.4 Å². The lowest BCUT2D eigenvalue weighted by atomic mass is 9.97. The van der Waals surface area contributed by atoms with Crippen LogP contribution in [0.4, 0.5) is 5.13 Å². The minimum Gasteiger partial charge on any atom is -0.466 e. The second-order valence-electron chi connectivity index (χ2n) is 6.20. The first-order chi connectivity index (χ1) is 12.0. The Morgan fingerprint density at radius 3 is 2.65 bits per heavy atom. The van der Waals surface area contributed by atoms with E-state index in [4.69, 9.17) is 9.73 Å². The maximum atomic E-state index is 11.9. The first kappa shape index (κ1) is 22.9.